The van der Waals surface area contributed by atoms with E-state index in [4.69, 9.17) is 0 Å². The Labute approximate surface area is 103 Å². The summed E-state index contributed by atoms with van der Waals surface area (Å²) in [6, 6.07) is 10.5. The lowest BCUT2D eigenvalue weighted by molar-refractivity contribution is -0.126. The van der Waals surface area contributed by atoms with Crippen LogP contribution in [0.5, 0.6) is 0 Å². The highest BCUT2D eigenvalue weighted by Crippen LogP contribution is 2.41. The van der Waals surface area contributed by atoms with E-state index in [1.165, 1.54) is 12.0 Å². The molecule has 0 bridgehead atoms. The molecule has 2 heteroatoms. The van der Waals surface area contributed by atoms with Gasteiger partial charge in [0.05, 0.1) is 5.54 Å². The lowest BCUT2D eigenvalue weighted by Crippen LogP contribution is -2.46. The molecular weight excluding hydrogens is 210 g/mol. The molecule has 0 N–H and O–H groups in total. The molecule has 1 saturated carbocycles. The highest BCUT2D eigenvalue weighted by molar-refractivity contribution is 5.90. The van der Waals surface area contributed by atoms with Crippen molar-refractivity contribution in [2.24, 2.45) is 0 Å². The van der Waals surface area contributed by atoms with Crippen LogP contribution in [-0.2, 0) is 11.3 Å². The SMILES string of the molecule is O=C1CCC[C@@]12CCCN2Cc1ccccc1. The van der Waals surface area contributed by atoms with E-state index < -0.39 is 0 Å². The third-order valence-electron chi connectivity index (χ3n) is 4.35. The minimum absolute atomic E-state index is 0.0875. The maximum atomic E-state index is 12.2. The van der Waals surface area contributed by atoms with Gasteiger partial charge >= 0.3 is 0 Å². The molecule has 1 aromatic carbocycles. The van der Waals surface area contributed by atoms with Gasteiger partial charge in [-0.25, -0.2) is 0 Å². The Hall–Kier alpha value is -1.15. The van der Waals surface area contributed by atoms with Gasteiger partial charge < -0.3 is 0 Å². The van der Waals surface area contributed by atoms with Gasteiger partial charge in [-0.05, 0) is 37.8 Å². The van der Waals surface area contributed by atoms with Crippen LogP contribution in [0.3, 0.4) is 0 Å². The molecule has 1 spiro atoms. The molecule has 3 rings (SSSR count). The summed E-state index contributed by atoms with van der Waals surface area (Å²) < 4.78 is 0. The topological polar surface area (TPSA) is 20.3 Å². The second kappa shape index (κ2) is 4.26. The Balaban J connectivity index is 1.81. The predicted molar refractivity (Wildman–Crippen MR) is 67.7 cm³/mol. The first-order chi connectivity index (χ1) is 8.31. The van der Waals surface area contributed by atoms with Crippen molar-refractivity contribution in [3.8, 4) is 0 Å². The van der Waals surface area contributed by atoms with E-state index in [1.807, 2.05) is 6.07 Å². The highest BCUT2D eigenvalue weighted by atomic mass is 16.1. The third kappa shape index (κ3) is 1.81. The van der Waals surface area contributed by atoms with Crippen molar-refractivity contribution < 1.29 is 4.79 Å². The fraction of sp³-hybridized carbons (Fsp3) is 0.533. The minimum Gasteiger partial charge on any atom is -0.298 e. The van der Waals surface area contributed by atoms with Crippen LogP contribution in [0.4, 0.5) is 0 Å². The fourth-order valence-electron chi connectivity index (χ4n) is 3.48. The number of Topliss-reactive ketones (excluding diaryl/α,β-unsaturated/α-hetero) is 1. The lowest BCUT2D eigenvalue weighted by atomic mass is 9.93. The Kier molecular flexibility index (Phi) is 2.75. The van der Waals surface area contributed by atoms with Gasteiger partial charge in [0, 0.05) is 13.0 Å². The van der Waals surface area contributed by atoms with Gasteiger partial charge in [-0.3, -0.25) is 9.69 Å². The van der Waals surface area contributed by atoms with Crippen molar-refractivity contribution in [2.45, 2.75) is 44.2 Å². The van der Waals surface area contributed by atoms with Crippen LogP contribution in [0.2, 0.25) is 0 Å². The van der Waals surface area contributed by atoms with Crippen LogP contribution >= 0.6 is 0 Å². The molecule has 1 aromatic rings. The molecule has 90 valence electrons. The summed E-state index contributed by atoms with van der Waals surface area (Å²) in [5.41, 5.74) is 1.24. The second-order valence-corrected chi connectivity index (χ2v) is 5.32. The molecule has 1 atom stereocenters. The van der Waals surface area contributed by atoms with Crippen LogP contribution in [0.25, 0.3) is 0 Å². The number of carbonyl (C=O) groups is 1. The maximum Gasteiger partial charge on any atom is 0.153 e. The van der Waals surface area contributed by atoms with Crippen LogP contribution in [0.15, 0.2) is 30.3 Å². The molecule has 0 radical (unpaired) electrons. The van der Waals surface area contributed by atoms with Gasteiger partial charge in [0.1, 0.15) is 0 Å². The third-order valence-corrected chi connectivity index (χ3v) is 4.35. The number of ketones is 1. The van der Waals surface area contributed by atoms with E-state index in [0.29, 0.717) is 5.78 Å². The Morgan fingerprint density at radius 1 is 1.12 bits per heavy atom. The van der Waals surface area contributed by atoms with Crippen molar-refractivity contribution in [3.63, 3.8) is 0 Å². The van der Waals surface area contributed by atoms with Gasteiger partial charge in [-0.15, -0.1) is 0 Å². The summed E-state index contributed by atoms with van der Waals surface area (Å²) in [6.45, 7) is 2.02. The smallest absolute Gasteiger partial charge is 0.153 e. The molecule has 2 aliphatic rings. The van der Waals surface area contributed by atoms with E-state index >= 15 is 0 Å². The van der Waals surface area contributed by atoms with Crippen LogP contribution in [0.1, 0.15) is 37.7 Å². The second-order valence-electron chi connectivity index (χ2n) is 5.32. The number of carbonyl (C=O) groups excluding carboxylic acids is 1. The van der Waals surface area contributed by atoms with Gasteiger partial charge in [-0.2, -0.15) is 0 Å². The predicted octanol–water partition coefficient (Wildman–Crippen LogP) is 2.77. The zero-order valence-electron chi connectivity index (χ0n) is 10.2. The Morgan fingerprint density at radius 2 is 1.88 bits per heavy atom. The van der Waals surface area contributed by atoms with Crippen molar-refractivity contribution in [2.75, 3.05) is 6.54 Å². The lowest BCUT2D eigenvalue weighted by Gasteiger charge is -2.33. The van der Waals surface area contributed by atoms with Gasteiger partial charge in [0.25, 0.3) is 0 Å². The molecule has 1 aliphatic carbocycles. The van der Waals surface area contributed by atoms with E-state index in [1.54, 1.807) is 0 Å². The monoisotopic (exact) mass is 229 g/mol. The number of hydrogen-bond acceptors (Lipinski definition) is 2. The van der Waals surface area contributed by atoms with Gasteiger partial charge in [0.15, 0.2) is 5.78 Å². The first kappa shape index (κ1) is 11.0. The van der Waals surface area contributed by atoms with E-state index in [2.05, 4.69) is 29.2 Å². The normalized spacial score (nSPS) is 29.3. The summed E-state index contributed by atoms with van der Waals surface area (Å²) in [4.78, 5) is 14.6. The van der Waals surface area contributed by atoms with E-state index in [9.17, 15) is 4.79 Å². The number of nitrogens with zero attached hydrogens (tertiary/aromatic N) is 1. The molecule has 0 aromatic heterocycles. The number of rotatable bonds is 2. The molecule has 1 saturated heterocycles. The van der Waals surface area contributed by atoms with Gasteiger partial charge in [0.2, 0.25) is 0 Å². The quantitative estimate of drug-likeness (QED) is 0.777. The average molecular weight is 229 g/mol. The first-order valence-electron chi connectivity index (χ1n) is 6.64. The summed E-state index contributed by atoms with van der Waals surface area (Å²) in [6.07, 6.45) is 5.23. The summed E-state index contributed by atoms with van der Waals surface area (Å²) in [7, 11) is 0. The molecular formula is C15H19NO. The Bertz CT molecular complexity index is 410. The minimum atomic E-state index is -0.0875. The van der Waals surface area contributed by atoms with Crippen molar-refractivity contribution in [1.82, 2.24) is 4.90 Å². The maximum absolute atomic E-state index is 12.2. The zero-order valence-corrected chi connectivity index (χ0v) is 10.2. The molecule has 2 nitrogen and oxygen atoms in total. The Morgan fingerprint density at radius 3 is 2.59 bits per heavy atom. The van der Waals surface area contributed by atoms with E-state index in [-0.39, 0.29) is 5.54 Å². The number of likely N-dealkylation sites (tertiary alicyclic amines) is 1. The van der Waals surface area contributed by atoms with Crippen LogP contribution in [-0.4, -0.2) is 22.8 Å². The summed E-state index contributed by atoms with van der Waals surface area (Å²) >= 11 is 0. The zero-order chi connectivity index (χ0) is 11.7. The molecule has 0 unspecified atom stereocenters. The molecule has 2 fully saturated rings. The molecule has 1 heterocycles. The molecule has 1 aliphatic heterocycles. The highest BCUT2D eigenvalue weighted by Gasteiger charge is 2.48. The summed E-state index contributed by atoms with van der Waals surface area (Å²) in [5.74, 6) is 0.492. The first-order valence-corrected chi connectivity index (χ1v) is 6.64. The molecule has 17 heavy (non-hydrogen) atoms. The summed E-state index contributed by atoms with van der Waals surface area (Å²) in [5, 5.41) is 0. The van der Waals surface area contributed by atoms with Gasteiger partial charge in [-0.1, -0.05) is 30.3 Å². The van der Waals surface area contributed by atoms with Crippen molar-refractivity contribution in [1.29, 1.82) is 0 Å². The number of hydrogen-bond donors (Lipinski definition) is 0. The average Bonchev–Trinajstić information content (AvgIpc) is 2.91. The van der Waals surface area contributed by atoms with Crippen LogP contribution in [0, 0.1) is 0 Å². The molecule has 0 amide bonds. The largest absolute Gasteiger partial charge is 0.298 e. The van der Waals surface area contributed by atoms with Crippen molar-refractivity contribution >= 4 is 5.78 Å². The van der Waals surface area contributed by atoms with Crippen molar-refractivity contribution in [3.05, 3.63) is 35.9 Å². The van der Waals surface area contributed by atoms with E-state index in [0.717, 1.165) is 38.8 Å². The standard InChI is InChI=1S/C15H19NO/c17-14-8-4-9-15(14)10-5-11-16(15)12-13-6-2-1-3-7-13/h1-3,6-7H,4-5,8-12H2/t15-/m1/s1. The van der Waals surface area contributed by atoms with Crippen LogP contribution < -0.4 is 0 Å². The fourth-order valence-corrected chi connectivity index (χ4v) is 3.48. The number of benzene rings is 1.